The van der Waals surface area contributed by atoms with Gasteiger partial charge in [0.1, 0.15) is 12.1 Å². The number of carbonyl (C=O) groups is 1. The number of nitrogens with zero attached hydrogens (tertiary/aromatic N) is 1. The van der Waals surface area contributed by atoms with Crippen LogP contribution in [0.5, 0.6) is 0 Å². The largest absolute Gasteiger partial charge is 0.341 e. The van der Waals surface area contributed by atoms with E-state index in [1.165, 1.54) is 6.07 Å². The molecule has 0 spiro atoms. The highest BCUT2D eigenvalue weighted by molar-refractivity contribution is 5.77. The molecule has 0 aromatic heterocycles. The number of hydrogen-bond acceptors (Lipinski definition) is 2. The number of rotatable bonds is 2. The molecule has 0 aliphatic carbocycles. The van der Waals surface area contributed by atoms with Gasteiger partial charge in [-0.05, 0) is 48.4 Å². The first-order valence-corrected chi connectivity index (χ1v) is 5.89. The van der Waals surface area contributed by atoms with Crippen molar-refractivity contribution in [3.63, 3.8) is 0 Å². The Labute approximate surface area is 105 Å². The molecule has 2 nitrogen and oxygen atoms in total. The van der Waals surface area contributed by atoms with Crippen molar-refractivity contribution in [2.45, 2.75) is 6.42 Å². The molecule has 1 aliphatic heterocycles. The lowest BCUT2D eigenvalue weighted by molar-refractivity contribution is 0.112. The molecule has 0 unspecified atom stereocenters. The quantitative estimate of drug-likeness (QED) is 0.752. The molecule has 2 aromatic rings. The van der Waals surface area contributed by atoms with Crippen molar-refractivity contribution in [3.05, 3.63) is 59.4 Å². The van der Waals surface area contributed by atoms with Gasteiger partial charge in [-0.1, -0.05) is 6.07 Å². The number of carbonyl (C=O) groups excluding carboxylic acids is 1. The molecule has 0 amide bonds. The van der Waals surface area contributed by atoms with Crippen LogP contribution in [0.25, 0.3) is 0 Å². The zero-order valence-electron chi connectivity index (χ0n) is 9.77. The molecule has 0 radical (unpaired) electrons. The minimum atomic E-state index is -0.217. The Balaban J connectivity index is 1.99. The van der Waals surface area contributed by atoms with Crippen LogP contribution in [-0.2, 0) is 6.42 Å². The predicted molar refractivity (Wildman–Crippen MR) is 68.9 cm³/mol. The first-order valence-electron chi connectivity index (χ1n) is 5.89. The zero-order chi connectivity index (χ0) is 12.5. The van der Waals surface area contributed by atoms with E-state index in [4.69, 9.17) is 0 Å². The van der Waals surface area contributed by atoms with Gasteiger partial charge in [0, 0.05) is 23.5 Å². The molecule has 1 aliphatic rings. The van der Waals surface area contributed by atoms with Crippen molar-refractivity contribution >= 4 is 17.7 Å². The molecule has 90 valence electrons. The lowest BCUT2D eigenvalue weighted by Gasteiger charge is -2.19. The minimum absolute atomic E-state index is 0.217. The Hall–Kier alpha value is -2.16. The van der Waals surface area contributed by atoms with Gasteiger partial charge in [0.15, 0.2) is 0 Å². The standard InChI is InChI=1S/C15H12FNO/c16-13-4-3-12-7-8-17(15(12)9-13)14-5-1-11(10-18)2-6-14/h1-6,9-10H,7-8H2. The molecule has 0 fully saturated rings. The first kappa shape index (κ1) is 11.0. The van der Waals surface area contributed by atoms with E-state index in [-0.39, 0.29) is 5.82 Å². The van der Waals surface area contributed by atoms with Gasteiger partial charge in [0.25, 0.3) is 0 Å². The number of aldehydes is 1. The maximum atomic E-state index is 13.3. The van der Waals surface area contributed by atoms with Gasteiger partial charge in [-0.3, -0.25) is 4.79 Å². The number of anilines is 2. The lowest BCUT2D eigenvalue weighted by atomic mass is 10.1. The number of benzene rings is 2. The minimum Gasteiger partial charge on any atom is -0.341 e. The summed E-state index contributed by atoms with van der Waals surface area (Å²) in [6.07, 6.45) is 1.74. The predicted octanol–water partition coefficient (Wildman–Crippen LogP) is 3.33. The van der Waals surface area contributed by atoms with Gasteiger partial charge >= 0.3 is 0 Å². The Kier molecular flexibility index (Phi) is 2.59. The van der Waals surface area contributed by atoms with Crippen molar-refractivity contribution in [1.29, 1.82) is 0 Å². The Morgan fingerprint density at radius 3 is 2.61 bits per heavy atom. The Bertz CT molecular complexity index is 592. The van der Waals surface area contributed by atoms with Crippen LogP contribution < -0.4 is 4.90 Å². The summed E-state index contributed by atoms with van der Waals surface area (Å²) in [6.45, 7) is 0.846. The van der Waals surface area contributed by atoms with E-state index in [1.54, 1.807) is 18.2 Å². The number of halogens is 1. The second kappa shape index (κ2) is 4.26. The third-order valence-corrected chi connectivity index (χ3v) is 3.28. The molecule has 0 N–H and O–H groups in total. The van der Waals surface area contributed by atoms with Gasteiger partial charge in [-0.2, -0.15) is 0 Å². The summed E-state index contributed by atoms with van der Waals surface area (Å²) >= 11 is 0. The molecule has 0 saturated carbocycles. The van der Waals surface area contributed by atoms with Gasteiger partial charge in [-0.25, -0.2) is 4.39 Å². The van der Waals surface area contributed by atoms with Gasteiger partial charge in [0.2, 0.25) is 0 Å². The zero-order valence-corrected chi connectivity index (χ0v) is 9.77. The normalized spacial score (nSPS) is 13.5. The van der Waals surface area contributed by atoms with E-state index < -0.39 is 0 Å². The van der Waals surface area contributed by atoms with Gasteiger partial charge in [-0.15, -0.1) is 0 Å². The third-order valence-electron chi connectivity index (χ3n) is 3.28. The average molecular weight is 241 g/mol. The fourth-order valence-corrected chi connectivity index (χ4v) is 2.35. The van der Waals surface area contributed by atoms with E-state index in [0.717, 1.165) is 36.2 Å². The molecular weight excluding hydrogens is 229 g/mol. The molecule has 3 heteroatoms. The topological polar surface area (TPSA) is 20.3 Å². The molecule has 3 rings (SSSR count). The first-order chi connectivity index (χ1) is 8.78. The van der Waals surface area contributed by atoms with E-state index in [9.17, 15) is 9.18 Å². The SMILES string of the molecule is O=Cc1ccc(N2CCc3ccc(F)cc32)cc1. The van der Waals surface area contributed by atoms with Crippen LogP contribution in [-0.4, -0.2) is 12.8 Å². The second-order valence-electron chi connectivity index (χ2n) is 4.38. The monoisotopic (exact) mass is 241 g/mol. The van der Waals surface area contributed by atoms with Gasteiger partial charge in [0.05, 0.1) is 0 Å². The van der Waals surface area contributed by atoms with Crippen molar-refractivity contribution in [1.82, 2.24) is 0 Å². The third kappa shape index (κ3) is 1.78. The molecular formula is C15H12FNO. The Morgan fingerprint density at radius 1 is 1.11 bits per heavy atom. The summed E-state index contributed by atoms with van der Waals surface area (Å²) in [5, 5.41) is 0. The van der Waals surface area contributed by atoms with E-state index in [2.05, 4.69) is 4.90 Å². The van der Waals surface area contributed by atoms with Crippen LogP contribution in [0.4, 0.5) is 15.8 Å². The maximum absolute atomic E-state index is 13.3. The number of hydrogen-bond donors (Lipinski definition) is 0. The summed E-state index contributed by atoms with van der Waals surface area (Å²) in [6, 6.07) is 12.2. The highest BCUT2D eigenvalue weighted by atomic mass is 19.1. The summed E-state index contributed by atoms with van der Waals surface area (Å²) in [4.78, 5) is 12.7. The second-order valence-corrected chi connectivity index (χ2v) is 4.38. The maximum Gasteiger partial charge on any atom is 0.150 e. The summed E-state index contributed by atoms with van der Waals surface area (Å²) in [5.74, 6) is -0.217. The summed E-state index contributed by atoms with van der Waals surface area (Å²) in [5.41, 5.74) is 3.73. The van der Waals surface area contributed by atoms with Crippen LogP contribution in [0.1, 0.15) is 15.9 Å². The van der Waals surface area contributed by atoms with Gasteiger partial charge < -0.3 is 4.90 Å². The van der Waals surface area contributed by atoms with Crippen LogP contribution in [0.3, 0.4) is 0 Å². The van der Waals surface area contributed by atoms with Crippen molar-refractivity contribution in [3.8, 4) is 0 Å². The molecule has 1 heterocycles. The smallest absolute Gasteiger partial charge is 0.150 e. The molecule has 0 saturated heterocycles. The van der Waals surface area contributed by atoms with Crippen molar-refractivity contribution in [2.75, 3.05) is 11.4 Å². The summed E-state index contributed by atoms with van der Waals surface area (Å²) < 4.78 is 13.3. The van der Waals surface area contributed by atoms with Crippen LogP contribution in [0.15, 0.2) is 42.5 Å². The highest BCUT2D eigenvalue weighted by Crippen LogP contribution is 2.34. The average Bonchev–Trinajstić information content (AvgIpc) is 2.82. The number of fused-ring (bicyclic) bond motifs is 1. The summed E-state index contributed by atoms with van der Waals surface area (Å²) in [7, 11) is 0. The highest BCUT2D eigenvalue weighted by Gasteiger charge is 2.20. The fourth-order valence-electron chi connectivity index (χ4n) is 2.35. The molecule has 18 heavy (non-hydrogen) atoms. The van der Waals surface area contributed by atoms with E-state index in [1.807, 2.05) is 18.2 Å². The van der Waals surface area contributed by atoms with Crippen molar-refractivity contribution in [2.24, 2.45) is 0 Å². The van der Waals surface area contributed by atoms with E-state index >= 15 is 0 Å². The van der Waals surface area contributed by atoms with Crippen LogP contribution in [0.2, 0.25) is 0 Å². The lowest BCUT2D eigenvalue weighted by Crippen LogP contribution is -2.13. The van der Waals surface area contributed by atoms with Crippen LogP contribution >= 0.6 is 0 Å². The van der Waals surface area contributed by atoms with Crippen LogP contribution in [0, 0.1) is 5.82 Å². The van der Waals surface area contributed by atoms with Crippen molar-refractivity contribution < 1.29 is 9.18 Å². The fraction of sp³-hybridized carbons (Fsp3) is 0.133. The Morgan fingerprint density at radius 2 is 1.89 bits per heavy atom. The molecule has 0 bridgehead atoms. The van der Waals surface area contributed by atoms with E-state index in [0.29, 0.717) is 5.56 Å². The molecule has 2 aromatic carbocycles. The molecule has 0 atom stereocenters.